The lowest BCUT2D eigenvalue weighted by Gasteiger charge is -2.13. The Labute approximate surface area is 163 Å². The molecule has 6 heteroatoms. The Balaban J connectivity index is 1.76. The number of nitrogens with one attached hydrogen (secondary N) is 1. The predicted molar refractivity (Wildman–Crippen MR) is 109 cm³/mol. The summed E-state index contributed by atoms with van der Waals surface area (Å²) in [6.07, 6.45) is 2.56. The number of rotatable bonds is 8. The Morgan fingerprint density at radius 3 is 2.52 bits per heavy atom. The fourth-order valence-electron chi connectivity index (χ4n) is 2.70. The Morgan fingerprint density at radius 2 is 1.78 bits per heavy atom. The van der Waals surface area contributed by atoms with Crippen LogP contribution >= 0.6 is 11.6 Å². The molecule has 0 atom stereocenters. The zero-order chi connectivity index (χ0) is 19.1. The van der Waals surface area contributed by atoms with E-state index in [2.05, 4.69) is 17.3 Å². The van der Waals surface area contributed by atoms with Crippen molar-refractivity contribution < 1.29 is 4.74 Å². The van der Waals surface area contributed by atoms with Gasteiger partial charge in [-0.05, 0) is 29.7 Å². The normalized spacial score (nSPS) is 10.7. The lowest BCUT2D eigenvalue weighted by molar-refractivity contribution is 0.121. The van der Waals surface area contributed by atoms with Crippen LogP contribution in [0, 0.1) is 0 Å². The molecule has 1 heterocycles. The van der Waals surface area contributed by atoms with Gasteiger partial charge in [-0.3, -0.25) is 4.79 Å². The van der Waals surface area contributed by atoms with Crippen molar-refractivity contribution in [2.45, 2.75) is 26.5 Å². The van der Waals surface area contributed by atoms with E-state index in [-0.39, 0.29) is 10.6 Å². The summed E-state index contributed by atoms with van der Waals surface area (Å²) in [5.74, 6) is 0. The molecule has 2 aromatic carbocycles. The molecular weight excluding hydrogens is 362 g/mol. The van der Waals surface area contributed by atoms with E-state index in [1.807, 2.05) is 54.6 Å². The Kier molecular flexibility index (Phi) is 6.63. The number of ether oxygens (including phenoxy) is 1. The van der Waals surface area contributed by atoms with Gasteiger partial charge in [0.25, 0.3) is 5.56 Å². The molecule has 0 amide bonds. The van der Waals surface area contributed by atoms with Crippen molar-refractivity contribution in [1.82, 2.24) is 9.78 Å². The first-order valence-corrected chi connectivity index (χ1v) is 9.30. The van der Waals surface area contributed by atoms with Crippen LogP contribution in [-0.4, -0.2) is 16.4 Å². The van der Waals surface area contributed by atoms with Gasteiger partial charge in [-0.1, -0.05) is 61.0 Å². The summed E-state index contributed by atoms with van der Waals surface area (Å²) < 4.78 is 6.94. The standard InChI is InChI=1S/C21H22ClN3O2/c1-2-12-27-15-17-9-7-6-8-16(17)13-23-19-14-24-25(21(26)20(19)22)18-10-4-3-5-11-18/h3-11,14,23H,2,12-13,15H2,1H3. The summed E-state index contributed by atoms with van der Waals surface area (Å²) in [4.78, 5) is 12.6. The molecule has 3 aromatic rings. The molecule has 0 spiro atoms. The van der Waals surface area contributed by atoms with Crippen LogP contribution in [-0.2, 0) is 17.9 Å². The summed E-state index contributed by atoms with van der Waals surface area (Å²) >= 11 is 6.30. The van der Waals surface area contributed by atoms with Gasteiger partial charge in [0.2, 0.25) is 0 Å². The van der Waals surface area contributed by atoms with Gasteiger partial charge in [-0.15, -0.1) is 0 Å². The van der Waals surface area contributed by atoms with Crippen LogP contribution in [0.4, 0.5) is 5.69 Å². The van der Waals surface area contributed by atoms with Crippen molar-refractivity contribution >= 4 is 17.3 Å². The van der Waals surface area contributed by atoms with Crippen molar-refractivity contribution in [1.29, 1.82) is 0 Å². The minimum absolute atomic E-state index is 0.119. The molecule has 0 aliphatic rings. The van der Waals surface area contributed by atoms with E-state index in [9.17, 15) is 4.79 Å². The molecule has 0 fully saturated rings. The van der Waals surface area contributed by atoms with Crippen molar-refractivity contribution in [3.05, 3.63) is 87.3 Å². The topological polar surface area (TPSA) is 56.1 Å². The van der Waals surface area contributed by atoms with Gasteiger partial charge in [-0.2, -0.15) is 9.78 Å². The Morgan fingerprint density at radius 1 is 1.07 bits per heavy atom. The van der Waals surface area contributed by atoms with Gasteiger partial charge >= 0.3 is 0 Å². The molecule has 1 N–H and O–H groups in total. The minimum Gasteiger partial charge on any atom is -0.378 e. The third-order valence-electron chi connectivity index (χ3n) is 4.11. The average molecular weight is 384 g/mol. The van der Waals surface area contributed by atoms with E-state index in [1.165, 1.54) is 4.68 Å². The number of hydrogen-bond acceptors (Lipinski definition) is 4. The van der Waals surface area contributed by atoms with Gasteiger partial charge in [0, 0.05) is 13.2 Å². The highest BCUT2D eigenvalue weighted by Gasteiger charge is 2.11. The fourth-order valence-corrected chi connectivity index (χ4v) is 2.89. The SMILES string of the molecule is CCCOCc1ccccc1CNc1cnn(-c2ccccc2)c(=O)c1Cl. The number of para-hydroxylation sites is 1. The van der Waals surface area contributed by atoms with Gasteiger partial charge in [0.05, 0.1) is 24.2 Å². The average Bonchev–Trinajstić information content (AvgIpc) is 2.71. The van der Waals surface area contributed by atoms with Gasteiger partial charge < -0.3 is 10.1 Å². The van der Waals surface area contributed by atoms with Crippen molar-refractivity contribution in [3.8, 4) is 5.69 Å². The molecule has 0 radical (unpaired) electrons. The first kappa shape index (κ1) is 19.1. The number of aromatic nitrogens is 2. The van der Waals surface area contributed by atoms with E-state index >= 15 is 0 Å². The first-order valence-electron chi connectivity index (χ1n) is 8.92. The second kappa shape index (κ2) is 9.35. The van der Waals surface area contributed by atoms with Crippen LogP contribution < -0.4 is 10.9 Å². The van der Waals surface area contributed by atoms with E-state index < -0.39 is 0 Å². The fraction of sp³-hybridized carbons (Fsp3) is 0.238. The van der Waals surface area contributed by atoms with Crippen LogP contribution in [0.15, 0.2) is 65.6 Å². The molecule has 0 saturated carbocycles. The summed E-state index contributed by atoms with van der Waals surface area (Å²) in [6.45, 7) is 3.91. The second-order valence-corrected chi connectivity index (χ2v) is 6.48. The number of halogens is 1. The van der Waals surface area contributed by atoms with Gasteiger partial charge in [-0.25, -0.2) is 0 Å². The summed E-state index contributed by atoms with van der Waals surface area (Å²) in [5.41, 5.74) is 3.04. The molecule has 3 rings (SSSR count). The van der Waals surface area contributed by atoms with E-state index in [0.717, 1.165) is 24.2 Å². The Bertz CT molecular complexity index is 942. The summed E-state index contributed by atoms with van der Waals surface area (Å²) in [6, 6.07) is 17.2. The molecule has 0 bridgehead atoms. The molecule has 0 aliphatic carbocycles. The van der Waals surface area contributed by atoms with Gasteiger partial charge in [0.15, 0.2) is 0 Å². The van der Waals surface area contributed by atoms with Crippen molar-refractivity contribution in [2.75, 3.05) is 11.9 Å². The molecule has 0 saturated heterocycles. The summed E-state index contributed by atoms with van der Waals surface area (Å²) in [7, 11) is 0. The van der Waals surface area contributed by atoms with E-state index in [0.29, 0.717) is 24.5 Å². The number of hydrogen-bond donors (Lipinski definition) is 1. The zero-order valence-corrected chi connectivity index (χ0v) is 15.9. The highest BCUT2D eigenvalue weighted by molar-refractivity contribution is 6.32. The molecule has 27 heavy (non-hydrogen) atoms. The number of anilines is 1. The first-order chi connectivity index (χ1) is 13.2. The third kappa shape index (κ3) is 4.76. The minimum atomic E-state index is -0.354. The quantitative estimate of drug-likeness (QED) is 0.585. The predicted octanol–water partition coefficient (Wildman–Crippen LogP) is 4.42. The monoisotopic (exact) mass is 383 g/mol. The molecule has 140 valence electrons. The van der Waals surface area contributed by atoms with Crippen molar-refractivity contribution in [3.63, 3.8) is 0 Å². The van der Waals surface area contributed by atoms with Crippen LogP contribution in [0.2, 0.25) is 5.02 Å². The zero-order valence-electron chi connectivity index (χ0n) is 15.2. The highest BCUT2D eigenvalue weighted by Crippen LogP contribution is 2.19. The maximum atomic E-state index is 12.6. The van der Waals surface area contributed by atoms with Crippen LogP contribution in [0.25, 0.3) is 5.69 Å². The number of nitrogens with zero attached hydrogens (tertiary/aromatic N) is 2. The number of benzene rings is 2. The van der Waals surface area contributed by atoms with Crippen molar-refractivity contribution in [2.24, 2.45) is 0 Å². The molecular formula is C21H22ClN3O2. The molecule has 5 nitrogen and oxygen atoms in total. The van der Waals surface area contributed by atoms with Gasteiger partial charge in [0.1, 0.15) is 5.02 Å². The maximum Gasteiger partial charge on any atom is 0.292 e. The Hall–Kier alpha value is -2.63. The maximum absolute atomic E-state index is 12.6. The smallest absolute Gasteiger partial charge is 0.292 e. The van der Waals surface area contributed by atoms with E-state index in [4.69, 9.17) is 16.3 Å². The van der Waals surface area contributed by atoms with Crippen LogP contribution in [0.3, 0.4) is 0 Å². The lowest BCUT2D eigenvalue weighted by Crippen LogP contribution is -2.22. The van der Waals surface area contributed by atoms with Crippen LogP contribution in [0.5, 0.6) is 0 Å². The molecule has 0 aliphatic heterocycles. The second-order valence-electron chi connectivity index (χ2n) is 6.10. The highest BCUT2D eigenvalue weighted by atomic mass is 35.5. The van der Waals surface area contributed by atoms with Crippen LogP contribution in [0.1, 0.15) is 24.5 Å². The summed E-state index contributed by atoms with van der Waals surface area (Å²) in [5, 5.41) is 7.57. The molecule has 0 unspecified atom stereocenters. The lowest BCUT2D eigenvalue weighted by atomic mass is 10.1. The van der Waals surface area contributed by atoms with E-state index in [1.54, 1.807) is 6.20 Å². The molecule has 1 aromatic heterocycles. The third-order valence-corrected chi connectivity index (χ3v) is 4.48. The largest absolute Gasteiger partial charge is 0.378 e.